The molecule has 3 unspecified atom stereocenters. The van der Waals surface area contributed by atoms with E-state index >= 15 is 0 Å². The topological polar surface area (TPSA) is 40.1 Å². The van der Waals surface area contributed by atoms with Crippen LogP contribution in [0.1, 0.15) is 58.8 Å². The summed E-state index contributed by atoms with van der Waals surface area (Å²) in [4.78, 5) is 10.1. The van der Waals surface area contributed by atoms with Crippen LogP contribution in [-0.4, -0.2) is 73.3 Å². The van der Waals surface area contributed by atoms with Gasteiger partial charge in [0.25, 0.3) is 0 Å². The number of nitrogens with one attached hydrogen (secondary N) is 1. The molecule has 4 fully saturated rings. The van der Waals surface area contributed by atoms with Crippen LogP contribution in [0.5, 0.6) is 0 Å². The van der Waals surface area contributed by atoms with Crippen molar-refractivity contribution in [2.45, 2.75) is 77.0 Å². The third-order valence-electron chi connectivity index (χ3n) is 7.17. The molecule has 0 aromatic heterocycles. The normalized spacial score (nSPS) is 35.0. The van der Waals surface area contributed by atoms with Crippen molar-refractivity contribution in [3.63, 3.8) is 0 Å². The Morgan fingerprint density at radius 3 is 2.60 bits per heavy atom. The number of ether oxygens (including phenoxy) is 1. The molecule has 142 valence electrons. The molecule has 4 aliphatic rings. The lowest BCUT2D eigenvalue weighted by Crippen LogP contribution is -2.68. The SMILES string of the molecule is CCN=C(NC1CC(OCC)C12CCC2)N1CCC(N2CCCC2)C1. The van der Waals surface area contributed by atoms with Crippen LogP contribution in [0.25, 0.3) is 0 Å². The molecule has 0 aromatic carbocycles. The molecule has 0 aromatic rings. The predicted molar refractivity (Wildman–Crippen MR) is 102 cm³/mol. The number of rotatable bonds is 5. The number of hydrogen-bond donors (Lipinski definition) is 1. The maximum absolute atomic E-state index is 6.02. The molecule has 1 N–H and O–H groups in total. The Hall–Kier alpha value is -0.810. The Labute approximate surface area is 153 Å². The molecule has 2 aliphatic heterocycles. The smallest absolute Gasteiger partial charge is 0.194 e. The molecule has 3 atom stereocenters. The van der Waals surface area contributed by atoms with E-state index in [1.54, 1.807) is 0 Å². The molecule has 5 nitrogen and oxygen atoms in total. The fourth-order valence-electron chi connectivity index (χ4n) is 5.52. The Bertz CT molecular complexity index is 484. The molecule has 4 rings (SSSR count). The van der Waals surface area contributed by atoms with Crippen LogP contribution in [0.3, 0.4) is 0 Å². The summed E-state index contributed by atoms with van der Waals surface area (Å²) in [6.07, 6.45) is 9.70. The van der Waals surface area contributed by atoms with Crippen molar-refractivity contribution in [3.8, 4) is 0 Å². The van der Waals surface area contributed by atoms with Gasteiger partial charge in [0, 0.05) is 43.7 Å². The monoisotopic (exact) mass is 348 g/mol. The summed E-state index contributed by atoms with van der Waals surface area (Å²) in [7, 11) is 0. The van der Waals surface area contributed by atoms with Gasteiger partial charge in [-0.25, -0.2) is 0 Å². The fraction of sp³-hybridized carbons (Fsp3) is 0.950. The molecule has 25 heavy (non-hydrogen) atoms. The van der Waals surface area contributed by atoms with Gasteiger partial charge in [0.1, 0.15) is 0 Å². The Balaban J connectivity index is 1.37. The number of likely N-dealkylation sites (tertiary alicyclic amines) is 2. The van der Waals surface area contributed by atoms with Crippen LogP contribution in [0, 0.1) is 5.41 Å². The second-order valence-electron chi connectivity index (χ2n) is 8.39. The summed E-state index contributed by atoms with van der Waals surface area (Å²) in [5.41, 5.74) is 0.401. The summed E-state index contributed by atoms with van der Waals surface area (Å²) in [6, 6.07) is 1.30. The first-order chi connectivity index (χ1) is 12.3. The Morgan fingerprint density at radius 2 is 1.96 bits per heavy atom. The van der Waals surface area contributed by atoms with E-state index in [1.165, 1.54) is 51.6 Å². The predicted octanol–water partition coefficient (Wildman–Crippen LogP) is 2.47. The molecule has 0 amide bonds. The zero-order valence-corrected chi connectivity index (χ0v) is 16.2. The van der Waals surface area contributed by atoms with Gasteiger partial charge in [0.15, 0.2) is 5.96 Å². The lowest BCUT2D eigenvalue weighted by atomic mass is 9.51. The maximum Gasteiger partial charge on any atom is 0.194 e. The molecule has 5 heteroatoms. The van der Waals surface area contributed by atoms with Gasteiger partial charge in [-0.3, -0.25) is 9.89 Å². The van der Waals surface area contributed by atoms with Gasteiger partial charge < -0.3 is 15.0 Å². The fourth-order valence-corrected chi connectivity index (χ4v) is 5.52. The highest BCUT2D eigenvalue weighted by Crippen LogP contribution is 2.57. The van der Waals surface area contributed by atoms with Crippen molar-refractivity contribution < 1.29 is 4.74 Å². The lowest BCUT2D eigenvalue weighted by molar-refractivity contribution is -0.168. The van der Waals surface area contributed by atoms with Crippen LogP contribution in [0.4, 0.5) is 0 Å². The minimum Gasteiger partial charge on any atom is -0.378 e. The maximum atomic E-state index is 6.02. The summed E-state index contributed by atoms with van der Waals surface area (Å²) in [5.74, 6) is 1.16. The van der Waals surface area contributed by atoms with Crippen molar-refractivity contribution in [3.05, 3.63) is 0 Å². The lowest BCUT2D eigenvalue weighted by Gasteiger charge is -2.61. The van der Waals surface area contributed by atoms with Crippen LogP contribution < -0.4 is 5.32 Å². The quantitative estimate of drug-likeness (QED) is 0.612. The van der Waals surface area contributed by atoms with Crippen molar-refractivity contribution in [2.75, 3.05) is 39.3 Å². The van der Waals surface area contributed by atoms with Gasteiger partial charge in [0.05, 0.1) is 6.10 Å². The number of nitrogens with zero attached hydrogens (tertiary/aromatic N) is 3. The summed E-state index contributed by atoms with van der Waals surface area (Å²) >= 11 is 0. The van der Waals surface area contributed by atoms with Gasteiger partial charge in [-0.05, 0) is 65.5 Å². The number of aliphatic imine (C=N–C) groups is 1. The zero-order chi connectivity index (χ0) is 17.3. The van der Waals surface area contributed by atoms with E-state index < -0.39 is 0 Å². The molecule has 2 saturated carbocycles. The highest BCUT2D eigenvalue weighted by Gasteiger charge is 2.59. The molecule has 1 spiro atoms. The summed E-state index contributed by atoms with van der Waals surface area (Å²) in [6.45, 7) is 10.9. The Morgan fingerprint density at radius 1 is 1.16 bits per heavy atom. The first-order valence-electron chi connectivity index (χ1n) is 10.7. The number of hydrogen-bond acceptors (Lipinski definition) is 3. The minimum atomic E-state index is 0.401. The van der Waals surface area contributed by atoms with Crippen molar-refractivity contribution in [2.24, 2.45) is 10.4 Å². The van der Waals surface area contributed by atoms with Gasteiger partial charge in [-0.15, -0.1) is 0 Å². The third kappa shape index (κ3) is 3.18. The second-order valence-corrected chi connectivity index (χ2v) is 8.39. The average Bonchev–Trinajstić information content (AvgIpc) is 3.22. The van der Waals surface area contributed by atoms with E-state index in [2.05, 4.69) is 29.0 Å². The first kappa shape index (κ1) is 17.6. The van der Waals surface area contributed by atoms with E-state index in [1.807, 2.05) is 0 Å². The summed E-state index contributed by atoms with van der Waals surface area (Å²) < 4.78 is 6.02. The molecule has 2 saturated heterocycles. The van der Waals surface area contributed by atoms with E-state index in [-0.39, 0.29) is 0 Å². The van der Waals surface area contributed by atoms with Crippen molar-refractivity contribution in [1.82, 2.24) is 15.1 Å². The van der Waals surface area contributed by atoms with Crippen molar-refractivity contribution in [1.29, 1.82) is 0 Å². The third-order valence-corrected chi connectivity index (χ3v) is 7.17. The van der Waals surface area contributed by atoms with Crippen LogP contribution >= 0.6 is 0 Å². The van der Waals surface area contributed by atoms with E-state index in [4.69, 9.17) is 9.73 Å². The first-order valence-corrected chi connectivity index (χ1v) is 10.7. The van der Waals surface area contributed by atoms with Crippen LogP contribution in [0.2, 0.25) is 0 Å². The molecule has 2 aliphatic carbocycles. The van der Waals surface area contributed by atoms with Gasteiger partial charge in [-0.1, -0.05) is 6.42 Å². The van der Waals surface area contributed by atoms with E-state index in [9.17, 15) is 0 Å². The Kier molecular flexibility index (Phi) is 5.23. The molecule has 2 heterocycles. The highest BCUT2D eigenvalue weighted by atomic mass is 16.5. The van der Waals surface area contributed by atoms with Crippen LogP contribution in [-0.2, 0) is 4.74 Å². The number of guanidine groups is 1. The zero-order valence-electron chi connectivity index (χ0n) is 16.2. The van der Waals surface area contributed by atoms with Gasteiger partial charge >= 0.3 is 0 Å². The average molecular weight is 349 g/mol. The highest BCUT2D eigenvalue weighted by molar-refractivity contribution is 5.81. The minimum absolute atomic E-state index is 0.401. The largest absolute Gasteiger partial charge is 0.378 e. The van der Waals surface area contributed by atoms with Gasteiger partial charge in [0.2, 0.25) is 0 Å². The molecular weight excluding hydrogens is 312 g/mol. The molecule has 0 radical (unpaired) electrons. The molecular formula is C20H36N4O. The second kappa shape index (κ2) is 7.43. The molecule has 0 bridgehead atoms. The van der Waals surface area contributed by atoms with E-state index in [0.29, 0.717) is 17.6 Å². The van der Waals surface area contributed by atoms with Gasteiger partial charge in [-0.2, -0.15) is 0 Å². The van der Waals surface area contributed by atoms with E-state index in [0.717, 1.165) is 44.7 Å². The van der Waals surface area contributed by atoms with Crippen molar-refractivity contribution >= 4 is 5.96 Å². The van der Waals surface area contributed by atoms with Crippen LogP contribution in [0.15, 0.2) is 4.99 Å². The standard InChI is InChI=1S/C20H36N4O/c1-3-21-19(24-13-8-16(15-24)23-11-5-6-12-23)22-17-14-18(25-4-2)20(17)9-7-10-20/h16-18H,3-15H2,1-2H3,(H,21,22). The summed E-state index contributed by atoms with van der Waals surface area (Å²) in [5, 5.41) is 3.87.